The van der Waals surface area contributed by atoms with Gasteiger partial charge in [0.15, 0.2) is 0 Å². The summed E-state index contributed by atoms with van der Waals surface area (Å²) in [5, 5.41) is 10.3. The molecule has 0 saturated carbocycles. The van der Waals surface area contributed by atoms with Gasteiger partial charge >= 0.3 is 6.18 Å². The third-order valence-electron chi connectivity index (χ3n) is 5.90. The number of rotatable bonds is 4. The summed E-state index contributed by atoms with van der Waals surface area (Å²) in [7, 11) is 0. The predicted octanol–water partition coefficient (Wildman–Crippen LogP) is 5.41. The second kappa shape index (κ2) is 7.74. The van der Waals surface area contributed by atoms with Crippen LogP contribution in [-0.2, 0) is 17.5 Å². The Kier molecular flexibility index (Phi) is 4.97. The van der Waals surface area contributed by atoms with Crippen molar-refractivity contribution in [2.45, 2.75) is 25.7 Å². The number of phenols is 1. The third kappa shape index (κ3) is 3.98. The first kappa shape index (κ1) is 21.2. The van der Waals surface area contributed by atoms with Crippen LogP contribution in [0, 0.1) is 0 Å². The van der Waals surface area contributed by atoms with E-state index >= 15 is 0 Å². The highest BCUT2D eigenvalue weighted by molar-refractivity contribution is 6.56. The lowest BCUT2D eigenvalue weighted by atomic mass is 10.1. The molecule has 1 N–H and O–H groups in total. The van der Waals surface area contributed by atoms with Crippen LogP contribution in [-0.4, -0.2) is 34.2 Å². The summed E-state index contributed by atoms with van der Waals surface area (Å²) in [5.41, 5.74) is 1.67. The highest BCUT2D eigenvalue weighted by atomic mass is 19.4. The van der Waals surface area contributed by atoms with Gasteiger partial charge in [-0.3, -0.25) is 14.6 Å². The van der Waals surface area contributed by atoms with E-state index in [2.05, 4.69) is 16.8 Å². The number of aromatic hydroxyl groups is 1. The number of halogens is 3. The topological polar surface area (TPSA) is 55.9 Å². The quantitative estimate of drug-likeness (QED) is 0.540. The van der Waals surface area contributed by atoms with Crippen LogP contribution in [0.4, 0.5) is 30.2 Å². The fourth-order valence-corrected chi connectivity index (χ4v) is 4.01. The Morgan fingerprint density at radius 2 is 1.82 bits per heavy atom. The number of aliphatic imine (C=N–C) groups is 1. The van der Waals surface area contributed by atoms with Gasteiger partial charge in [0.25, 0.3) is 5.91 Å². The van der Waals surface area contributed by atoms with Gasteiger partial charge in [-0.05, 0) is 49.4 Å². The second-order valence-corrected chi connectivity index (χ2v) is 8.26. The van der Waals surface area contributed by atoms with E-state index in [1.165, 1.54) is 17.0 Å². The van der Waals surface area contributed by atoms with Crippen LogP contribution in [0.5, 0.6) is 5.75 Å². The molecule has 2 aliphatic rings. The number of amides is 1. The van der Waals surface area contributed by atoms with Crippen LogP contribution in [0.25, 0.3) is 0 Å². The van der Waals surface area contributed by atoms with Crippen molar-refractivity contribution in [3.63, 3.8) is 0 Å². The lowest BCUT2D eigenvalue weighted by Gasteiger charge is -2.18. The average molecular weight is 451 g/mol. The molecule has 2 aliphatic heterocycles. The van der Waals surface area contributed by atoms with Crippen LogP contribution in [0.2, 0.25) is 0 Å². The lowest BCUT2D eigenvalue weighted by molar-refractivity contribution is -0.137. The number of hydrogen-bond donors (Lipinski definition) is 1. The van der Waals surface area contributed by atoms with Crippen molar-refractivity contribution in [2.75, 3.05) is 11.4 Å². The zero-order chi connectivity index (χ0) is 23.3. The summed E-state index contributed by atoms with van der Waals surface area (Å²) >= 11 is 0. The number of anilines is 2. The molecule has 0 aromatic heterocycles. The van der Waals surface area contributed by atoms with Crippen molar-refractivity contribution >= 4 is 28.7 Å². The Balaban J connectivity index is 1.55. The van der Waals surface area contributed by atoms with Gasteiger partial charge in [-0.2, -0.15) is 13.2 Å². The SMILES string of the molecule is CC1CN1Cc1cc(N2C(=O)C(=Nc3cccc(C(F)(F)F)c3)c3ccccc32)ccc1O. The number of hydrogen-bond acceptors (Lipinski definition) is 4. The molecule has 0 aliphatic carbocycles. The molecule has 0 bridgehead atoms. The summed E-state index contributed by atoms with van der Waals surface area (Å²) in [6.45, 7) is 3.61. The molecule has 168 valence electrons. The lowest BCUT2D eigenvalue weighted by Crippen LogP contribution is -2.25. The molecule has 2 heterocycles. The Labute approximate surface area is 188 Å². The van der Waals surface area contributed by atoms with Crippen molar-refractivity contribution in [1.82, 2.24) is 4.90 Å². The maximum atomic E-state index is 13.4. The molecule has 3 aromatic carbocycles. The highest BCUT2D eigenvalue weighted by Gasteiger charge is 2.36. The van der Waals surface area contributed by atoms with Gasteiger partial charge in [-0.1, -0.05) is 24.3 Å². The maximum absolute atomic E-state index is 13.4. The minimum atomic E-state index is -4.50. The predicted molar refractivity (Wildman–Crippen MR) is 119 cm³/mol. The van der Waals surface area contributed by atoms with E-state index in [1.807, 2.05) is 0 Å². The number of carbonyl (C=O) groups is 1. The van der Waals surface area contributed by atoms with Gasteiger partial charge < -0.3 is 5.11 Å². The van der Waals surface area contributed by atoms with Crippen molar-refractivity contribution in [3.8, 4) is 5.75 Å². The van der Waals surface area contributed by atoms with Crippen LogP contribution < -0.4 is 4.90 Å². The Morgan fingerprint density at radius 1 is 1.06 bits per heavy atom. The number of benzene rings is 3. The largest absolute Gasteiger partial charge is 0.508 e. The van der Waals surface area contributed by atoms with Crippen LogP contribution in [0.15, 0.2) is 71.7 Å². The normalized spacial score (nSPS) is 20.9. The number of alkyl halides is 3. The summed E-state index contributed by atoms with van der Waals surface area (Å²) in [6, 6.07) is 17.0. The van der Waals surface area contributed by atoms with Gasteiger partial charge in [0, 0.05) is 35.9 Å². The molecular formula is C25H20F3N3O2. The molecule has 33 heavy (non-hydrogen) atoms. The van der Waals surface area contributed by atoms with Crippen molar-refractivity contribution in [3.05, 3.63) is 83.4 Å². The molecule has 1 amide bonds. The van der Waals surface area contributed by atoms with Gasteiger partial charge in [0.1, 0.15) is 11.5 Å². The minimum Gasteiger partial charge on any atom is -0.508 e. The molecule has 5 nitrogen and oxygen atoms in total. The molecule has 2 unspecified atom stereocenters. The van der Waals surface area contributed by atoms with Crippen LogP contribution in [0.3, 0.4) is 0 Å². The molecule has 5 rings (SSSR count). The van der Waals surface area contributed by atoms with E-state index in [9.17, 15) is 23.1 Å². The first-order valence-corrected chi connectivity index (χ1v) is 10.5. The second-order valence-electron chi connectivity index (χ2n) is 8.26. The fourth-order valence-electron chi connectivity index (χ4n) is 4.01. The van der Waals surface area contributed by atoms with E-state index in [-0.39, 0.29) is 17.1 Å². The number of phenolic OH excluding ortho intramolecular Hbond substituents is 1. The molecule has 0 radical (unpaired) electrons. The summed E-state index contributed by atoms with van der Waals surface area (Å²) in [4.78, 5) is 21.4. The molecular weight excluding hydrogens is 431 g/mol. The molecule has 1 saturated heterocycles. The maximum Gasteiger partial charge on any atom is 0.416 e. The van der Waals surface area contributed by atoms with Crippen LogP contribution in [0.1, 0.15) is 23.6 Å². The van der Waals surface area contributed by atoms with Gasteiger partial charge in [0.05, 0.1) is 16.9 Å². The van der Waals surface area contributed by atoms with E-state index in [1.54, 1.807) is 42.5 Å². The van der Waals surface area contributed by atoms with Gasteiger partial charge in [-0.25, -0.2) is 4.99 Å². The van der Waals surface area contributed by atoms with Crippen molar-refractivity contribution in [1.29, 1.82) is 0 Å². The Morgan fingerprint density at radius 3 is 2.55 bits per heavy atom. The summed E-state index contributed by atoms with van der Waals surface area (Å²) in [5.74, 6) is -0.291. The van der Waals surface area contributed by atoms with Gasteiger partial charge in [0.2, 0.25) is 0 Å². The summed E-state index contributed by atoms with van der Waals surface area (Å²) < 4.78 is 39.4. The molecule has 1 fully saturated rings. The number of fused-ring (bicyclic) bond motifs is 1. The van der Waals surface area contributed by atoms with E-state index < -0.39 is 17.6 Å². The van der Waals surface area contributed by atoms with E-state index in [0.29, 0.717) is 35.1 Å². The third-order valence-corrected chi connectivity index (χ3v) is 5.90. The number of carbonyl (C=O) groups excluding carboxylic acids is 1. The zero-order valence-electron chi connectivity index (χ0n) is 17.7. The van der Waals surface area contributed by atoms with Crippen molar-refractivity contribution < 1.29 is 23.1 Å². The Bertz CT molecular complexity index is 1290. The first-order valence-electron chi connectivity index (χ1n) is 10.5. The Hall–Kier alpha value is -3.65. The molecule has 8 heteroatoms. The van der Waals surface area contributed by atoms with E-state index in [4.69, 9.17) is 0 Å². The van der Waals surface area contributed by atoms with Gasteiger partial charge in [-0.15, -0.1) is 0 Å². The summed E-state index contributed by atoms with van der Waals surface area (Å²) in [6.07, 6.45) is -4.50. The zero-order valence-corrected chi connectivity index (χ0v) is 17.7. The monoisotopic (exact) mass is 451 g/mol. The first-order chi connectivity index (χ1) is 15.7. The van der Waals surface area contributed by atoms with Crippen LogP contribution >= 0.6 is 0 Å². The minimum absolute atomic E-state index is 0.0479. The standard InChI is InChI=1S/C25H20F3N3O2/c1-15-13-30(15)14-16-11-19(9-10-22(16)32)31-21-8-3-2-7-20(21)23(24(31)33)29-18-6-4-5-17(12-18)25(26,27)28/h2-12,15,32H,13-14H2,1H3. The number of nitrogens with zero attached hydrogens (tertiary/aromatic N) is 3. The highest BCUT2D eigenvalue weighted by Crippen LogP contribution is 2.39. The number of para-hydroxylation sites is 1. The molecule has 2 atom stereocenters. The molecule has 0 spiro atoms. The average Bonchev–Trinajstić information content (AvgIpc) is 3.41. The van der Waals surface area contributed by atoms with Crippen molar-refractivity contribution in [2.24, 2.45) is 4.99 Å². The molecule has 3 aromatic rings. The smallest absolute Gasteiger partial charge is 0.416 e. The fraction of sp³-hybridized carbons (Fsp3) is 0.200. The van der Waals surface area contributed by atoms with E-state index in [0.717, 1.165) is 18.7 Å².